The van der Waals surface area contributed by atoms with E-state index in [0.717, 1.165) is 0 Å². The normalized spacial score (nSPS) is 31.7. The number of aliphatic hydroxyl groups excluding tert-OH is 2. The number of ether oxygens (including phenoxy) is 1. The molecule has 3 heteroatoms. The van der Waals surface area contributed by atoms with E-state index in [9.17, 15) is 0 Å². The molecule has 3 atom stereocenters. The van der Waals surface area contributed by atoms with Crippen LogP contribution in [0.1, 0.15) is 13.3 Å². The molecule has 0 aromatic heterocycles. The van der Waals surface area contributed by atoms with Gasteiger partial charge in [-0.25, -0.2) is 0 Å². The van der Waals surface area contributed by atoms with Crippen LogP contribution in [0.4, 0.5) is 0 Å². The first-order valence-corrected chi connectivity index (χ1v) is 3.23. The van der Waals surface area contributed by atoms with Crippen LogP contribution in [0.2, 0.25) is 0 Å². The molecule has 0 aromatic rings. The summed E-state index contributed by atoms with van der Waals surface area (Å²) in [5.41, 5.74) is 0. The highest BCUT2D eigenvalue weighted by Crippen LogP contribution is 2.17. The predicted octanol–water partition coefficient (Wildman–Crippen LogP) is -0.483. The molecule has 2 N–H and O–H groups in total. The molecule has 1 saturated heterocycles. The lowest BCUT2D eigenvalue weighted by Gasteiger charge is -2.12. The van der Waals surface area contributed by atoms with Crippen LogP contribution in [0, 0.1) is 0 Å². The average molecular weight is 132 g/mol. The van der Waals surface area contributed by atoms with Gasteiger partial charge in [0.1, 0.15) is 12.2 Å². The van der Waals surface area contributed by atoms with Gasteiger partial charge in [0, 0.05) is 0 Å². The SMILES string of the molecule is CC[C@@H](O)[C@H](O)[C@@H]1CO1. The maximum Gasteiger partial charge on any atom is 0.109 e. The summed E-state index contributed by atoms with van der Waals surface area (Å²) < 4.78 is 4.78. The van der Waals surface area contributed by atoms with Crippen molar-refractivity contribution in [3.05, 3.63) is 0 Å². The summed E-state index contributed by atoms with van der Waals surface area (Å²) in [6, 6.07) is 0. The molecular weight excluding hydrogens is 120 g/mol. The van der Waals surface area contributed by atoms with Crippen molar-refractivity contribution >= 4 is 0 Å². The van der Waals surface area contributed by atoms with Crippen molar-refractivity contribution < 1.29 is 14.9 Å². The highest BCUT2D eigenvalue weighted by atomic mass is 16.6. The van der Waals surface area contributed by atoms with Crippen LogP contribution < -0.4 is 0 Å². The first kappa shape index (κ1) is 6.99. The zero-order chi connectivity index (χ0) is 6.85. The zero-order valence-corrected chi connectivity index (χ0v) is 5.45. The van der Waals surface area contributed by atoms with Gasteiger partial charge in [0.05, 0.1) is 12.7 Å². The van der Waals surface area contributed by atoms with Gasteiger partial charge in [0.25, 0.3) is 0 Å². The Bertz CT molecular complexity index is 90.3. The van der Waals surface area contributed by atoms with Gasteiger partial charge in [-0.15, -0.1) is 0 Å². The van der Waals surface area contributed by atoms with Crippen LogP contribution in [0.5, 0.6) is 0 Å². The third-order valence-corrected chi connectivity index (χ3v) is 1.55. The molecule has 9 heavy (non-hydrogen) atoms. The van der Waals surface area contributed by atoms with Gasteiger partial charge in [-0.05, 0) is 6.42 Å². The molecule has 0 unspecified atom stereocenters. The van der Waals surface area contributed by atoms with Gasteiger partial charge >= 0.3 is 0 Å². The smallest absolute Gasteiger partial charge is 0.109 e. The number of hydrogen-bond donors (Lipinski definition) is 2. The van der Waals surface area contributed by atoms with E-state index in [4.69, 9.17) is 14.9 Å². The molecular formula is C6H12O3. The van der Waals surface area contributed by atoms with Crippen molar-refractivity contribution in [3.63, 3.8) is 0 Å². The molecule has 1 rings (SSSR count). The van der Waals surface area contributed by atoms with E-state index in [1.165, 1.54) is 0 Å². The summed E-state index contributed by atoms with van der Waals surface area (Å²) in [6.07, 6.45) is -0.798. The fourth-order valence-corrected chi connectivity index (χ4v) is 0.742. The van der Waals surface area contributed by atoms with Gasteiger partial charge in [0.15, 0.2) is 0 Å². The van der Waals surface area contributed by atoms with Gasteiger partial charge in [-0.2, -0.15) is 0 Å². The predicted molar refractivity (Wildman–Crippen MR) is 32.0 cm³/mol. The third kappa shape index (κ3) is 1.64. The van der Waals surface area contributed by atoms with Crippen LogP contribution >= 0.6 is 0 Å². The second-order valence-electron chi connectivity index (χ2n) is 2.34. The molecule has 0 bridgehead atoms. The molecule has 0 aromatic carbocycles. The summed E-state index contributed by atoms with van der Waals surface area (Å²) in [5.74, 6) is 0. The molecule has 54 valence electrons. The minimum atomic E-state index is -0.671. The Morgan fingerprint density at radius 1 is 1.67 bits per heavy atom. The minimum absolute atomic E-state index is 0.0973. The van der Waals surface area contributed by atoms with Crippen LogP contribution in [0.25, 0.3) is 0 Å². The van der Waals surface area contributed by atoms with E-state index >= 15 is 0 Å². The van der Waals surface area contributed by atoms with Crippen molar-refractivity contribution in [3.8, 4) is 0 Å². The summed E-state index contributed by atoms with van der Waals surface area (Å²) in [7, 11) is 0. The first-order chi connectivity index (χ1) is 4.25. The highest BCUT2D eigenvalue weighted by Gasteiger charge is 2.35. The Morgan fingerprint density at radius 3 is 2.56 bits per heavy atom. The molecule has 3 nitrogen and oxygen atoms in total. The number of hydrogen-bond acceptors (Lipinski definition) is 3. The molecule has 0 spiro atoms. The van der Waals surface area contributed by atoms with Crippen molar-refractivity contribution in [2.75, 3.05) is 6.61 Å². The number of rotatable bonds is 3. The van der Waals surface area contributed by atoms with E-state index in [-0.39, 0.29) is 6.10 Å². The van der Waals surface area contributed by atoms with E-state index in [0.29, 0.717) is 13.0 Å². The number of epoxide rings is 1. The zero-order valence-electron chi connectivity index (χ0n) is 5.45. The summed E-state index contributed by atoms with van der Waals surface area (Å²) in [6.45, 7) is 2.43. The molecule has 0 aliphatic carbocycles. The lowest BCUT2D eigenvalue weighted by atomic mass is 10.1. The Morgan fingerprint density at radius 2 is 2.22 bits per heavy atom. The molecule has 1 aliphatic rings. The minimum Gasteiger partial charge on any atom is -0.390 e. The summed E-state index contributed by atoms with van der Waals surface area (Å²) in [4.78, 5) is 0. The Balaban J connectivity index is 2.22. The second kappa shape index (κ2) is 2.64. The Kier molecular flexibility index (Phi) is 2.05. The van der Waals surface area contributed by atoms with Crippen LogP contribution in [-0.2, 0) is 4.74 Å². The second-order valence-corrected chi connectivity index (χ2v) is 2.34. The first-order valence-electron chi connectivity index (χ1n) is 3.23. The maximum atomic E-state index is 9.08. The average Bonchev–Trinajstić information content (AvgIpc) is 2.66. The molecule has 1 aliphatic heterocycles. The van der Waals surface area contributed by atoms with Gasteiger partial charge < -0.3 is 14.9 Å². The van der Waals surface area contributed by atoms with Crippen molar-refractivity contribution in [2.24, 2.45) is 0 Å². The highest BCUT2D eigenvalue weighted by molar-refractivity contribution is 4.82. The lowest BCUT2D eigenvalue weighted by Crippen LogP contribution is -2.30. The van der Waals surface area contributed by atoms with Gasteiger partial charge in [0.2, 0.25) is 0 Å². The monoisotopic (exact) mass is 132 g/mol. The molecule has 0 saturated carbocycles. The Labute approximate surface area is 54.3 Å². The molecule has 1 fully saturated rings. The Hall–Kier alpha value is -0.120. The summed E-state index contributed by atoms with van der Waals surface area (Å²) in [5, 5.41) is 18.1. The van der Waals surface area contributed by atoms with Crippen LogP contribution in [-0.4, -0.2) is 35.1 Å². The van der Waals surface area contributed by atoms with E-state index in [1.54, 1.807) is 0 Å². The number of aliphatic hydroxyl groups is 2. The summed E-state index contributed by atoms with van der Waals surface area (Å²) >= 11 is 0. The van der Waals surface area contributed by atoms with Crippen LogP contribution in [0.3, 0.4) is 0 Å². The largest absolute Gasteiger partial charge is 0.390 e. The van der Waals surface area contributed by atoms with Gasteiger partial charge in [-0.1, -0.05) is 6.92 Å². The maximum absolute atomic E-state index is 9.08. The van der Waals surface area contributed by atoms with Crippen molar-refractivity contribution in [1.82, 2.24) is 0 Å². The third-order valence-electron chi connectivity index (χ3n) is 1.55. The molecule has 1 heterocycles. The van der Waals surface area contributed by atoms with Crippen molar-refractivity contribution in [2.45, 2.75) is 31.7 Å². The standard InChI is InChI=1S/C6H12O3/c1-2-4(7)6(8)5-3-9-5/h4-8H,2-3H2,1H3/t4-,5+,6+/m1/s1. The lowest BCUT2D eigenvalue weighted by molar-refractivity contribution is 0.00130. The van der Waals surface area contributed by atoms with E-state index < -0.39 is 12.2 Å². The fourth-order valence-electron chi connectivity index (χ4n) is 0.742. The fraction of sp³-hybridized carbons (Fsp3) is 1.00. The van der Waals surface area contributed by atoms with Gasteiger partial charge in [-0.3, -0.25) is 0 Å². The quantitative estimate of drug-likeness (QED) is 0.510. The van der Waals surface area contributed by atoms with E-state index in [1.807, 2.05) is 6.92 Å². The molecule has 0 radical (unpaired) electrons. The van der Waals surface area contributed by atoms with E-state index in [2.05, 4.69) is 0 Å². The molecule has 0 amide bonds. The topological polar surface area (TPSA) is 53.0 Å². The van der Waals surface area contributed by atoms with Crippen LogP contribution in [0.15, 0.2) is 0 Å². The van der Waals surface area contributed by atoms with Crippen molar-refractivity contribution in [1.29, 1.82) is 0 Å².